The van der Waals surface area contributed by atoms with Crippen molar-refractivity contribution in [2.45, 2.75) is 19.8 Å². The lowest BCUT2D eigenvalue weighted by Gasteiger charge is -2.07. The van der Waals surface area contributed by atoms with Gasteiger partial charge in [-0.1, -0.05) is 25.1 Å². The van der Waals surface area contributed by atoms with Crippen molar-refractivity contribution < 1.29 is 9.21 Å². The van der Waals surface area contributed by atoms with E-state index >= 15 is 0 Å². The minimum Gasteiger partial charge on any atom is -0.472 e. The van der Waals surface area contributed by atoms with Crippen molar-refractivity contribution in [3.05, 3.63) is 79.5 Å². The Morgan fingerprint density at radius 2 is 1.91 bits per heavy atom. The first-order valence-corrected chi connectivity index (χ1v) is 11.6. The van der Waals surface area contributed by atoms with Gasteiger partial charge in [0.05, 0.1) is 35.6 Å². The van der Waals surface area contributed by atoms with Gasteiger partial charge in [0, 0.05) is 40.0 Å². The number of nitrogens with zero attached hydrogens (tertiary/aromatic N) is 2. The number of pyridine rings is 1. The van der Waals surface area contributed by atoms with Crippen LogP contribution in [0.25, 0.3) is 55.4 Å². The van der Waals surface area contributed by atoms with Gasteiger partial charge in [-0.15, -0.1) is 0 Å². The third-order valence-electron chi connectivity index (χ3n) is 6.15. The van der Waals surface area contributed by atoms with Crippen molar-refractivity contribution in [3.8, 4) is 33.6 Å². The Labute approximate surface area is 201 Å². The molecule has 0 fully saturated rings. The van der Waals surface area contributed by atoms with Crippen LogP contribution in [0.2, 0.25) is 0 Å². The summed E-state index contributed by atoms with van der Waals surface area (Å²) < 4.78 is 5.30. The number of hydrogen-bond acceptors (Lipinski definition) is 4. The van der Waals surface area contributed by atoms with E-state index in [0.717, 1.165) is 61.9 Å². The monoisotopic (exact) mass is 461 g/mol. The molecule has 6 rings (SSSR count). The number of nitrogens with one attached hydrogen (secondary N) is 3. The molecule has 0 radical (unpaired) electrons. The summed E-state index contributed by atoms with van der Waals surface area (Å²) in [6.45, 7) is 1.98. The summed E-state index contributed by atoms with van der Waals surface area (Å²) >= 11 is 0. The van der Waals surface area contributed by atoms with E-state index in [1.54, 1.807) is 24.9 Å². The molecule has 0 spiro atoms. The van der Waals surface area contributed by atoms with Crippen molar-refractivity contribution in [3.63, 3.8) is 0 Å². The van der Waals surface area contributed by atoms with Crippen LogP contribution in [0.3, 0.4) is 0 Å². The molecular weight excluding hydrogens is 438 g/mol. The molecule has 0 unspecified atom stereocenters. The van der Waals surface area contributed by atoms with Gasteiger partial charge in [-0.05, 0) is 53.9 Å². The molecule has 35 heavy (non-hydrogen) atoms. The zero-order chi connectivity index (χ0) is 23.8. The van der Waals surface area contributed by atoms with Crippen LogP contribution in [0.5, 0.6) is 0 Å². The van der Waals surface area contributed by atoms with E-state index < -0.39 is 0 Å². The number of hydrogen-bond donors (Lipinski definition) is 3. The van der Waals surface area contributed by atoms with E-state index in [4.69, 9.17) is 4.42 Å². The van der Waals surface area contributed by atoms with Gasteiger partial charge in [0.2, 0.25) is 5.91 Å². The van der Waals surface area contributed by atoms with Crippen molar-refractivity contribution >= 4 is 33.4 Å². The quantitative estimate of drug-likeness (QED) is 0.255. The molecule has 0 bridgehead atoms. The summed E-state index contributed by atoms with van der Waals surface area (Å²) in [6, 6.07) is 18.4. The lowest BCUT2D eigenvalue weighted by atomic mass is 10.0. The van der Waals surface area contributed by atoms with Crippen LogP contribution in [0, 0.1) is 0 Å². The molecular formula is C28H23N5O2. The molecule has 0 saturated carbocycles. The predicted molar refractivity (Wildman–Crippen MR) is 138 cm³/mol. The highest BCUT2D eigenvalue weighted by molar-refractivity contribution is 6.02. The lowest BCUT2D eigenvalue weighted by molar-refractivity contribution is -0.116. The molecule has 4 heterocycles. The first-order valence-electron chi connectivity index (χ1n) is 11.6. The third kappa shape index (κ3) is 3.87. The maximum Gasteiger partial charge on any atom is 0.224 e. The summed E-state index contributed by atoms with van der Waals surface area (Å²) in [5.41, 5.74) is 8.50. The number of amides is 1. The minimum atomic E-state index is -0.00683. The van der Waals surface area contributed by atoms with Crippen LogP contribution in [-0.4, -0.2) is 26.1 Å². The third-order valence-corrected chi connectivity index (χ3v) is 6.15. The number of fused-ring (bicyclic) bond motifs is 2. The summed E-state index contributed by atoms with van der Waals surface area (Å²) in [7, 11) is 0. The number of benzene rings is 2. The number of anilines is 1. The average Bonchev–Trinajstić information content (AvgIpc) is 3.63. The molecule has 6 aromatic rings. The van der Waals surface area contributed by atoms with Crippen molar-refractivity contribution in [2.75, 3.05) is 5.32 Å². The van der Waals surface area contributed by atoms with Crippen LogP contribution in [0.1, 0.15) is 19.8 Å². The second-order valence-corrected chi connectivity index (χ2v) is 8.55. The fraction of sp³-hybridized carbons (Fsp3) is 0.107. The fourth-order valence-electron chi connectivity index (χ4n) is 4.47. The van der Waals surface area contributed by atoms with Gasteiger partial charge in [-0.2, -0.15) is 5.10 Å². The Bertz CT molecular complexity index is 1660. The number of carbonyl (C=O) groups is 1. The van der Waals surface area contributed by atoms with Gasteiger partial charge in [0.15, 0.2) is 0 Å². The predicted octanol–water partition coefficient (Wildman–Crippen LogP) is 6.77. The second-order valence-electron chi connectivity index (χ2n) is 8.55. The Morgan fingerprint density at radius 1 is 0.971 bits per heavy atom. The van der Waals surface area contributed by atoms with Crippen LogP contribution in [-0.2, 0) is 4.79 Å². The van der Waals surface area contributed by atoms with Gasteiger partial charge in [-0.25, -0.2) is 0 Å². The average molecular weight is 462 g/mol. The van der Waals surface area contributed by atoms with Crippen molar-refractivity contribution in [2.24, 2.45) is 0 Å². The summed E-state index contributed by atoms with van der Waals surface area (Å²) in [5, 5.41) is 12.8. The molecule has 0 aliphatic rings. The molecule has 0 atom stereocenters. The standard InChI is InChI=1S/C28H23N5O2/c1-2-4-27(34)30-20-11-19(14-29-15-20)17-7-8-25-23(12-17)28(33-32-25)26-13-22-21(18-9-10-35-16-18)5-3-6-24(22)31-26/h3,5-16,31H,2,4H2,1H3,(H,30,34)(H,32,33). The zero-order valence-corrected chi connectivity index (χ0v) is 19.1. The second kappa shape index (κ2) is 8.61. The summed E-state index contributed by atoms with van der Waals surface area (Å²) in [4.78, 5) is 19.9. The number of furan rings is 1. The minimum absolute atomic E-state index is 0.00683. The number of rotatable bonds is 6. The van der Waals surface area contributed by atoms with Crippen molar-refractivity contribution in [1.82, 2.24) is 20.2 Å². The molecule has 4 aromatic heterocycles. The summed E-state index contributed by atoms with van der Waals surface area (Å²) in [6.07, 6.45) is 8.20. The largest absolute Gasteiger partial charge is 0.472 e. The van der Waals surface area contributed by atoms with Gasteiger partial charge in [-0.3, -0.25) is 14.9 Å². The molecule has 7 nitrogen and oxygen atoms in total. The summed E-state index contributed by atoms with van der Waals surface area (Å²) in [5.74, 6) is -0.00683. The molecule has 0 aliphatic heterocycles. The molecule has 3 N–H and O–H groups in total. The van der Waals surface area contributed by atoms with Gasteiger partial charge < -0.3 is 14.7 Å². The van der Waals surface area contributed by atoms with Crippen LogP contribution in [0.4, 0.5) is 5.69 Å². The SMILES string of the molecule is CCCC(=O)Nc1cncc(-c2ccc3[nH]nc(-c4cc5c(-c6ccoc6)cccc5[nH]4)c3c2)c1. The Balaban J connectivity index is 1.40. The first-order chi connectivity index (χ1) is 17.2. The Kier molecular flexibility index (Phi) is 5.15. The fourth-order valence-corrected chi connectivity index (χ4v) is 4.47. The van der Waals surface area contributed by atoms with E-state index in [9.17, 15) is 4.79 Å². The van der Waals surface area contributed by atoms with E-state index in [1.165, 1.54) is 0 Å². The maximum absolute atomic E-state index is 12.0. The van der Waals surface area contributed by atoms with E-state index in [-0.39, 0.29) is 5.91 Å². The zero-order valence-electron chi connectivity index (χ0n) is 19.1. The number of H-pyrrole nitrogens is 2. The normalized spacial score (nSPS) is 11.3. The van der Waals surface area contributed by atoms with E-state index in [1.807, 2.05) is 37.3 Å². The number of aromatic amines is 2. The van der Waals surface area contributed by atoms with Crippen LogP contribution >= 0.6 is 0 Å². The van der Waals surface area contributed by atoms with E-state index in [2.05, 4.69) is 49.7 Å². The van der Waals surface area contributed by atoms with Gasteiger partial charge in [0.25, 0.3) is 0 Å². The lowest BCUT2D eigenvalue weighted by Crippen LogP contribution is -2.10. The maximum atomic E-state index is 12.0. The Hall–Kier alpha value is -4.65. The molecule has 0 saturated heterocycles. The van der Waals surface area contributed by atoms with Crippen molar-refractivity contribution in [1.29, 1.82) is 0 Å². The highest BCUT2D eigenvalue weighted by atomic mass is 16.3. The molecule has 1 amide bonds. The van der Waals surface area contributed by atoms with Crippen LogP contribution < -0.4 is 5.32 Å². The topological polar surface area (TPSA) is 99.6 Å². The molecule has 0 aliphatic carbocycles. The van der Waals surface area contributed by atoms with Gasteiger partial charge >= 0.3 is 0 Å². The number of carbonyl (C=O) groups excluding carboxylic acids is 1. The smallest absolute Gasteiger partial charge is 0.224 e. The van der Waals surface area contributed by atoms with E-state index in [0.29, 0.717) is 12.1 Å². The highest BCUT2D eigenvalue weighted by Gasteiger charge is 2.15. The molecule has 2 aromatic carbocycles. The van der Waals surface area contributed by atoms with Gasteiger partial charge in [0.1, 0.15) is 5.69 Å². The number of aromatic nitrogens is 4. The Morgan fingerprint density at radius 3 is 2.77 bits per heavy atom. The highest BCUT2D eigenvalue weighted by Crippen LogP contribution is 2.35. The molecule has 7 heteroatoms. The molecule has 172 valence electrons. The van der Waals surface area contributed by atoms with Crippen LogP contribution in [0.15, 0.2) is 83.9 Å². The first kappa shape index (κ1) is 20.9.